The minimum atomic E-state index is -1.35. The number of aliphatic hydroxyl groups is 1. The van der Waals surface area contributed by atoms with E-state index < -0.39 is 12.1 Å². The molecular weight excluding hydrogens is 236 g/mol. The Bertz CT molecular complexity index is 434. The van der Waals surface area contributed by atoms with Crippen LogP contribution in [0.3, 0.4) is 0 Å². The minimum Gasteiger partial charge on any atom is -0.467 e. The zero-order valence-electron chi connectivity index (χ0n) is 10.1. The van der Waals surface area contributed by atoms with Crippen LogP contribution in [0.4, 0.5) is 5.69 Å². The first-order valence-electron chi connectivity index (χ1n) is 5.40. The third-order valence-corrected chi connectivity index (χ3v) is 2.37. The fourth-order valence-corrected chi connectivity index (χ4v) is 1.36. The van der Waals surface area contributed by atoms with Crippen LogP contribution >= 0.6 is 0 Å². The predicted octanol–water partition coefficient (Wildman–Crippen LogP) is -0.539. The van der Waals surface area contributed by atoms with Crippen LogP contribution < -0.4 is 11.1 Å². The van der Waals surface area contributed by atoms with E-state index in [0.29, 0.717) is 11.3 Å². The van der Waals surface area contributed by atoms with Gasteiger partial charge in [-0.2, -0.15) is 0 Å². The van der Waals surface area contributed by atoms with Gasteiger partial charge in [-0.25, -0.2) is 4.79 Å². The number of amides is 1. The molecule has 1 atom stereocenters. The molecule has 0 aromatic heterocycles. The zero-order chi connectivity index (χ0) is 13.5. The highest BCUT2D eigenvalue weighted by Gasteiger charge is 2.16. The van der Waals surface area contributed by atoms with Crippen molar-refractivity contribution in [1.29, 1.82) is 0 Å². The fourth-order valence-electron chi connectivity index (χ4n) is 1.36. The number of ether oxygens (including phenoxy) is 1. The molecule has 0 saturated carbocycles. The van der Waals surface area contributed by atoms with Crippen molar-refractivity contribution in [2.24, 2.45) is 0 Å². The smallest absolute Gasteiger partial charge is 0.336 e. The molecule has 1 unspecified atom stereocenters. The molecule has 18 heavy (non-hydrogen) atoms. The van der Waals surface area contributed by atoms with E-state index in [2.05, 4.69) is 10.1 Å². The van der Waals surface area contributed by atoms with E-state index in [4.69, 9.17) is 5.73 Å². The second-order valence-corrected chi connectivity index (χ2v) is 3.72. The Morgan fingerprint density at radius 2 is 2.11 bits per heavy atom. The SMILES string of the molecule is COC(=O)C(O)CNC(=O)Cc1ccccc1N. The first kappa shape index (κ1) is 14.0. The van der Waals surface area contributed by atoms with Crippen molar-refractivity contribution >= 4 is 17.6 Å². The average molecular weight is 252 g/mol. The van der Waals surface area contributed by atoms with Crippen molar-refractivity contribution in [3.63, 3.8) is 0 Å². The van der Waals surface area contributed by atoms with Gasteiger partial charge in [0, 0.05) is 5.69 Å². The monoisotopic (exact) mass is 252 g/mol. The summed E-state index contributed by atoms with van der Waals surface area (Å²) in [5, 5.41) is 11.7. The maximum atomic E-state index is 11.6. The molecule has 0 aliphatic rings. The van der Waals surface area contributed by atoms with Crippen LogP contribution in [0.2, 0.25) is 0 Å². The van der Waals surface area contributed by atoms with Gasteiger partial charge in [-0.15, -0.1) is 0 Å². The number of nitrogens with one attached hydrogen (secondary N) is 1. The number of aliphatic hydroxyl groups excluding tert-OH is 1. The number of esters is 1. The van der Waals surface area contributed by atoms with Gasteiger partial charge in [-0.05, 0) is 11.6 Å². The average Bonchev–Trinajstić information content (AvgIpc) is 2.37. The Kier molecular flexibility index (Phi) is 5.13. The van der Waals surface area contributed by atoms with Crippen LogP contribution in [-0.4, -0.2) is 36.7 Å². The van der Waals surface area contributed by atoms with Gasteiger partial charge in [0.1, 0.15) is 0 Å². The highest BCUT2D eigenvalue weighted by molar-refractivity contribution is 5.81. The van der Waals surface area contributed by atoms with Gasteiger partial charge in [0.15, 0.2) is 6.10 Å². The van der Waals surface area contributed by atoms with Gasteiger partial charge in [-0.3, -0.25) is 4.79 Å². The number of benzene rings is 1. The normalized spacial score (nSPS) is 11.7. The zero-order valence-corrected chi connectivity index (χ0v) is 10.1. The molecule has 98 valence electrons. The van der Waals surface area contributed by atoms with E-state index in [0.717, 1.165) is 7.11 Å². The van der Waals surface area contributed by atoms with Gasteiger partial charge in [0.25, 0.3) is 0 Å². The van der Waals surface area contributed by atoms with E-state index in [9.17, 15) is 14.7 Å². The standard InChI is InChI=1S/C12H16N2O4/c1-18-12(17)10(15)7-14-11(16)6-8-4-2-3-5-9(8)13/h2-5,10,15H,6-7,13H2,1H3,(H,14,16). The van der Waals surface area contributed by atoms with Crippen LogP contribution in [0.15, 0.2) is 24.3 Å². The van der Waals surface area contributed by atoms with Crippen molar-refractivity contribution in [3.8, 4) is 0 Å². The topological polar surface area (TPSA) is 102 Å². The first-order chi connectivity index (χ1) is 8.54. The number of para-hydroxylation sites is 1. The predicted molar refractivity (Wildman–Crippen MR) is 65.6 cm³/mol. The maximum absolute atomic E-state index is 11.6. The van der Waals surface area contributed by atoms with Crippen molar-refractivity contribution in [1.82, 2.24) is 5.32 Å². The number of carbonyl (C=O) groups is 2. The van der Waals surface area contributed by atoms with E-state index >= 15 is 0 Å². The molecule has 4 N–H and O–H groups in total. The maximum Gasteiger partial charge on any atom is 0.336 e. The Morgan fingerprint density at radius 1 is 1.44 bits per heavy atom. The van der Waals surface area contributed by atoms with Crippen LogP contribution in [-0.2, 0) is 20.7 Å². The third-order valence-electron chi connectivity index (χ3n) is 2.37. The van der Waals surface area contributed by atoms with E-state index in [1.807, 2.05) is 0 Å². The van der Waals surface area contributed by atoms with E-state index in [1.54, 1.807) is 24.3 Å². The first-order valence-corrected chi connectivity index (χ1v) is 5.40. The van der Waals surface area contributed by atoms with Crippen molar-refractivity contribution < 1.29 is 19.4 Å². The quantitative estimate of drug-likeness (QED) is 0.482. The summed E-state index contributed by atoms with van der Waals surface area (Å²) >= 11 is 0. The number of hydrogen-bond acceptors (Lipinski definition) is 5. The van der Waals surface area contributed by atoms with Gasteiger partial charge in [0.05, 0.1) is 20.1 Å². The molecule has 0 spiro atoms. The summed E-state index contributed by atoms with van der Waals surface area (Å²) in [4.78, 5) is 22.4. The number of anilines is 1. The van der Waals surface area contributed by atoms with Gasteiger partial charge < -0.3 is 20.9 Å². The molecule has 1 aromatic rings. The molecule has 6 nitrogen and oxygen atoms in total. The van der Waals surface area contributed by atoms with Gasteiger partial charge in [-0.1, -0.05) is 18.2 Å². The third kappa shape index (κ3) is 4.06. The number of carbonyl (C=O) groups excluding carboxylic acids is 2. The molecule has 0 fully saturated rings. The Hall–Kier alpha value is -2.08. The number of nitrogens with two attached hydrogens (primary N) is 1. The lowest BCUT2D eigenvalue weighted by atomic mass is 10.1. The highest BCUT2D eigenvalue weighted by atomic mass is 16.5. The number of methoxy groups -OCH3 is 1. The summed E-state index contributed by atoms with van der Waals surface area (Å²) in [5.74, 6) is -1.11. The summed E-state index contributed by atoms with van der Waals surface area (Å²) in [6.45, 7) is -0.182. The summed E-state index contributed by atoms with van der Waals surface area (Å²) in [6, 6.07) is 7.00. The second-order valence-electron chi connectivity index (χ2n) is 3.72. The van der Waals surface area contributed by atoms with Gasteiger partial charge in [0.2, 0.25) is 5.91 Å². The number of rotatable bonds is 5. The lowest BCUT2D eigenvalue weighted by Crippen LogP contribution is -2.37. The molecule has 0 saturated heterocycles. The molecule has 0 bridgehead atoms. The van der Waals surface area contributed by atoms with Crippen LogP contribution in [0, 0.1) is 0 Å². The summed E-state index contributed by atoms with van der Waals surface area (Å²) in [7, 11) is 1.16. The Morgan fingerprint density at radius 3 is 2.72 bits per heavy atom. The Balaban J connectivity index is 2.43. The van der Waals surface area contributed by atoms with Crippen molar-refractivity contribution in [3.05, 3.63) is 29.8 Å². The molecule has 1 amide bonds. The minimum absolute atomic E-state index is 0.0978. The molecule has 0 heterocycles. The van der Waals surface area contributed by atoms with Crippen LogP contribution in [0.25, 0.3) is 0 Å². The van der Waals surface area contributed by atoms with Crippen LogP contribution in [0.5, 0.6) is 0 Å². The molecule has 0 radical (unpaired) electrons. The largest absolute Gasteiger partial charge is 0.467 e. The fraction of sp³-hybridized carbons (Fsp3) is 0.333. The van der Waals surface area contributed by atoms with Crippen LogP contribution in [0.1, 0.15) is 5.56 Å². The van der Waals surface area contributed by atoms with Gasteiger partial charge >= 0.3 is 5.97 Å². The lowest BCUT2D eigenvalue weighted by molar-refractivity contribution is -0.150. The van der Waals surface area contributed by atoms with E-state index in [-0.39, 0.29) is 18.9 Å². The summed E-state index contributed by atoms with van der Waals surface area (Å²) < 4.78 is 4.32. The molecule has 6 heteroatoms. The summed E-state index contributed by atoms with van der Waals surface area (Å²) in [5.41, 5.74) is 6.92. The molecule has 1 rings (SSSR count). The molecule has 0 aliphatic heterocycles. The van der Waals surface area contributed by atoms with Crippen molar-refractivity contribution in [2.45, 2.75) is 12.5 Å². The Labute approximate surface area is 105 Å². The lowest BCUT2D eigenvalue weighted by Gasteiger charge is -2.10. The number of nitrogen functional groups attached to an aromatic ring is 1. The highest BCUT2D eigenvalue weighted by Crippen LogP contribution is 2.10. The molecule has 0 aliphatic carbocycles. The van der Waals surface area contributed by atoms with E-state index in [1.165, 1.54) is 0 Å². The number of hydrogen-bond donors (Lipinski definition) is 3. The molecular formula is C12H16N2O4. The summed E-state index contributed by atoms with van der Waals surface area (Å²) in [6.07, 6.45) is -1.26. The molecule has 1 aromatic carbocycles. The second kappa shape index (κ2) is 6.61. The van der Waals surface area contributed by atoms with Crippen molar-refractivity contribution in [2.75, 3.05) is 19.4 Å².